The highest BCUT2D eigenvalue weighted by Gasteiger charge is 2.27. The van der Waals surface area contributed by atoms with Gasteiger partial charge in [0.2, 0.25) is 0 Å². The van der Waals surface area contributed by atoms with Gasteiger partial charge in [0, 0.05) is 12.1 Å². The molecule has 2 aliphatic heterocycles. The van der Waals surface area contributed by atoms with E-state index in [1.54, 1.807) is 0 Å². The van der Waals surface area contributed by atoms with E-state index in [-0.39, 0.29) is 0 Å². The lowest BCUT2D eigenvalue weighted by atomic mass is 9.84. The summed E-state index contributed by atoms with van der Waals surface area (Å²) in [6.07, 6.45) is 8.35. The molecular weight excluding hydrogens is 258 g/mol. The van der Waals surface area contributed by atoms with Crippen molar-refractivity contribution in [2.24, 2.45) is 5.41 Å². The zero-order valence-corrected chi connectivity index (χ0v) is 14.8. The summed E-state index contributed by atoms with van der Waals surface area (Å²) < 4.78 is 0. The Hall–Kier alpha value is -0.120. The fourth-order valence-corrected chi connectivity index (χ4v) is 4.11. The quantitative estimate of drug-likeness (QED) is 0.841. The smallest absolute Gasteiger partial charge is 0.0125 e. The molecule has 0 radical (unpaired) electrons. The lowest BCUT2D eigenvalue weighted by Crippen LogP contribution is -2.48. The lowest BCUT2D eigenvalue weighted by molar-refractivity contribution is 0.0881. The van der Waals surface area contributed by atoms with Gasteiger partial charge in [0.25, 0.3) is 0 Å². The van der Waals surface area contributed by atoms with Crippen LogP contribution < -0.4 is 5.32 Å². The van der Waals surface area contributed by atoms with Crippen molar-refractivity contribution >= 4 is 0 Å². The molecule has 2 fully saturated rings. The molecule has 0 aromatic carbocycles. The highest BCUT2D eigenvalue weighted by atomic mass is 15.2. The van der Waals surface area contributed by atoms with Gasteiger partial charge in [-0.15, -0.1) is 0 Å². The molecule has 2 aliphatic rings. The van der Waals surface area contributed by atoms with Crippen LogP contribution in [0.3, 0.4) is 0 Å². The Morgan fingerprint density at radius 3 is 2.14 bits per heavy atom. The summed E-state index contributed by atoms with van der Waals surface area (Å²) in [6.45, 7) is 13.6. The van der Waals surface area contributed by atoms with Gasteiger partial charge in [-0.05, 0) is 77.3 Å². The van der Waals surface area contributed by atoms with Crippen molar-refractivity contribution in [1.82, 2.24) is 15.1 Å². The van der Waals surface area contributed by atoms with Gasteiger partial charge in [-0.25, -0.2) is 0 Å². The van der Waals surface area contributed by atoms with Gasteiger partial charge in [-0.1, -0.05) is 27.2 Å². The largest absolute Gasteiger partial charge is 0.316 e. The van der Waals surface area contributed by atoms with Crippen molar-refractivity contribution in [2.45, 2.75) is 71.4 Å². The van der Waals surface area contributed by atoms with E-state index in [2.05, 4.69) is 42.9 Å². The Kier molecular flexibility index (Phi) is 6.51. The normalized spacial score (nSPS) is 25.1. The molecule has 0 saturated carbocycles. The molecule has 124 valence electrons. The minimum atomic E-state index is 0.362. The molecule has 2 rings (SSSR count). The van der Waals surface area contributed by atoms with Crippen LogP contribution in [-0.2, 0) is 0 Å². The number of rotatable bonds is 5. The number of nitrogens with zero attached hydrogens (tertiary/aromatic N) is 2. The van der Waals surface area contributed by atoms with E-state index in [1.165, 1.54) is 71.2 Å². The van der Waals surface area contributed by atoms with Crippen LogP contribution in [0.1, 0.15) is 59.3 Å². The summed E-state index contributed by atoms with van der Waals surface area (Å²) in [6, 6.07) is 1.50. The summed E-state index contributed by atoms with van der Waals surface area (Å²) in [5.74, 6) is 0. The van der Waals surface area contributed by atoms with E-state index >= 15 is 0 Å². The standard InChI is InChI=1S/C18H37N3/c1-18(2,3)17(19-4)10-15-20-13-8-16(9-14-20)21-11-6-5-7-12-21/h16-17,19H,5-15H2,1-4H3. The van der Waals surface area contributed by atoms with E-state index in [0.29, 0.717) is 11.5 Å². The molecule has 0 amide bonds. The van der Waals surface area contributed by atoms with E-state index in [4.69, 9.17) is 0 Å². The summed E-state index contributed by atoms with van der Waals surface area (Å²) in [4.78, 5) is 5.46. The maximum atomic E-state index is 3.51. The molecule has 21 heavy (non-hydrogen) atoms. The Labute approximate surface area is 132 Å². The van der Waals surface area contributed by atoms with Crippen LogP contribution in [0.2, 0.25) is 0 Å². The Bertz CT molecular complexity index is 283. The van der Waals surface area contributed by atoms with Gasteiger partial charge < -0.3 is 15.1 Å². The number of piperidine rings is 2. The molecule has 0 aromatic rings. The molecule has 0 aliphatic carbocycles. The monoisotopic (exact) mass is 295 g/mol. The predicted molar refractivity (Wildman–Crippen MR) is 91.8 cm³/mol. The Morgan fingerprint density at radius 1 is 1.00 bits per heavy atom. The van der Waals surface area contributed by atoms with Gasteiger partial charge >= 0.3 is 0 Å². The number of nitrogens with one attached hydrogen (secondary N) is 1. The van der Waals surface area contributed by atoms with E-state index < -0.39 is 0 Å². The highest BCUT2D eigenvalue weighted by molar-refractivity contribution is 4.84. The lowest BCUT2D eigenvalue weighted by Gasteiger charge is -2.41. The molecule has 2 heterocycles. The van der Waals surface area contributed by atoms with Crippen LogP contribution in [0.5, 0.6) is 0 Å². The second kappa shape index (κ2) is 7.94. The van der Waals surface area contributed by atoms with Crippen LogP contribution in [0.15, 0.2) is 0 Å². The van der Waals surface area contributed by atoms with Crippen LogP contribution in [0, 0.1) is 5.41 Å². The second-order valence-electron chi connectivity index (χ2n) is 8.17. The first-order valence-electron chi connectivity index (χ1n) is 9.14. The molecule has 3 nitrogen and oxygen atoms in total. The van der Waals surface area contributed by atoms with Crippen molar-refractivity contribution < 1.29 is 0 Å². The topological polar surface area (TPSA) is 18.5 Å². The van der Waals surface area contributed by atoms with Gasteiger partial charge in [0.05, 0.1) is 0 Å². The first-order chi connectivity index (χ1) is 10.0. The summed E-state index contributed by atoms with van der Waals surface area (Å²) in [7, 11) is 2.11. The van der Waals surface area contributed by atoms with Gasteiger partial charge in [0.15, 0.2) is 0 Å². The zero-order valence-electron chi connectivity index (χ0n) is 14.8. The fourth-order valence-electron chi connectivity index (χ4n) is 4.11. The van der Waals surface area contributed by atoms with Crippen LogP contribution in [0.4, 0.5) is 0 Å². The van der Waals surface area contributed by atoms with Crippen molar-refractivity contribution in [2.75, 3.05) is 39.8 Å². The minimum absolute atomic E-state index is 0.362. The maximum absolute atomic E-state index is 3.51. The molecule has 0 bridgehead atoms. The van der Waals surface area contributed by atoms with E-state index in [9.17, 15) is 0 Å². The first kappa shape index (κ1) is 17.2. The summed E-state index contributed by atoms with van der Waals surface area (Å²) in [5.41, 5.74) is 0.362. The molecule has 1 unspecified atom stereocenters. The molecule has 1 atom stereocenters. The minimum Gasteiger partial charge on any atom is -0.316 e. The average Bonchev–Trinajstić information content (AvgIpc) is 2.48. The number of likely N-dealkylation sites (tertiary alicyclic amines) is 2. The van der Waals surface area contributed by atoms with Gasteiger partial charge in [-0.3, -0.25) is 0 Å². The van der Waals surface area contributed by atoms with Crippen LogP contribution >= 0.6 is 0 Å². The average molecular weight is 296 g/mol. The summed E-state index contributed by atoms with van der Waals surface area (Å²) >= 11 is 0. The van der Waals surface area contributed by atoms with Crippen molar-refractivity contribution in [3.05, 3.63) is 0 Å². The third kappa shape index (κ3) is 5.22. The fraction of sp³-hybridized carbons (Fsp3) is 1.00. The zero-order chi connectivity index (χ0) is 15.3. The number of hydrogen-bond donors (Lipinski definition) is 1. The Balaban J connectivity index is 1.69. The number of hydrogen-bond acceptors (Lipinski definition) is 3. The van der Waals surface area contributed by atoms with Crippen molar-refractivity contribution in [3.8, 4) is 0 Å². The van der Waals surface area contributed by atoms with Gasteiger partial charge in [-0.2, -0.15) is 0 Å². The summed E-state index contributed by atoms with van der Waals surface area (Å²) in [5, 5.41) is 3.51. The predicted octanol–water partition coefficient (Wildman–Crippen LogP) is 2.96. The van der Waals surface area contributed by atoms with E-state index in [1.807, 2.05) is 0 Å². The van der Waals surface area contributed by atoms with Crippen LogP contribution in [-0.4, -0.2) is 61.7 Å². The van der Waals surface area contributed by atoms with E-state index in [0.717, 1.165) is 6.04 Å². The first-order valence-corrected chi connectivity index (χ1v) is 9.14. The SMILES string of the molecule is CNC(CCN1CCC(N2CCCCC2)CC1)C(C)(C)C. The van der Waals surface area contributed by atoms with Crippen molar-refractivity contribution in [3.63, 3.8) is 0 Å². The third-order valence-corrected chi connectivity index (χ3v) is 5.59. The molecule has 2 saturated heterocycles. The third-order valence-electron chi connectivity index (χ3n) is 5.59. The highest BCUT2D eigenvalue weighted by Crippen LogP contribution is 2.24. The molecular formula is C18H37N3. The Morgan fingerprint density at radius 2 is 1.62 bits per heavy atom. The van der Waals surface area contributed by atoms with Crippen LogP contribution in [0.25, 0.3) is 0 Å². The molecule has 0 aromatic heterocycles. The molecule has 1 N–H and O–H groups in total. The maximum Gasteiger partial charge on any atom is 0.0125 e. The van der Waals surface area contributed by atoms with Gasteiger partial charge in [0.1, 0.15) is 0 Å². The molecule has 3 heteroatoms. The van der Waals surface area contributed by atoms with Crippen molar-refractivity contribution in [1.29, 1.82) is 0 Å². The second-order valence-corrected chi connectivity index (χ2v) is 8.17. The molecule has 0 spiro atoms.